The van der Waals surface area contributed by atoms with Crippen LogP contribution in [0.15, 0.2) is 30.5 Å². The molecular weight excluding hydrogens is 256 g/mol. The average molecular weight is 275 g/mol. The summed E-state index contributed by atoms with van der Waals surface area (Å²) < 4.78 is 2.24. The predicted octanol–water partition coefficient (Wildman–Crippen LogP) is 5.01. The van der Waals surface area contributed by atoms with Crippen molar-refractivity contribution in [2.75, 3.05) is 0 Å². The Morgan fingerprint density at radius 2 is 2.05 bits per heavy atom. The van der Waals surface area contributed by atoms with Crippen molar-refractivity contribution < 1.29 is 0 Å². The maximum absolute atomic E-state index is 8.98. The number of aromatic nitrogens is 1. The van der Waals surface area contributed by atoms with E-state index in [2.05, 4.69) is 29.0 Å². The summed E-state index contributed by atoms with van der Waals surface area (Å²) in [5, 5.41) is 10.9. The van der Waals surface area contributed by atoms with Crippen LogP contribution in [0.5, 0.6) is 0 Å². The van der Waals surface area contributed by atoms with E-state index in [4.69, 9.17) is 16.9 Å². The van der Waals surface area contributed by atoms with Crippen LogP contribution >= 0.6 is 11.6 Å². The molecule has 0 amide bonds. The minimum atomic E-state index is -0.206. The van der Waals surface area contributed by atoms with Gasteiger partial charge in [0, 0.05) is 28.7 Å². The minimum absolute atomic E-state index is 0.206. The van der Waals surface area contributed by atoms with Crippen molar-refractivity contribution in [1.29, 1.82) is 5.26 Å². The Bertz CT molecular complexity index is 605. The summed E-state index contributed by atoms with van der Waals surface area (Å²) in [6, 6.07) is 10.4. The average Bonchev–Trinajstić information content (AvgIpc) is 2.80. The first-order chi connectivity index (χ1) is 9.03. The summed E-state index contributed by atoms with van der Waals surface area (Å²) >= 11 is 6.16. The molecule has 0 N–H and O–H groups in total. The monoisotopic (exact) mass is 274 g/mol. The predicted molar refractivity (Wildman–Crippen MR) is 80.2 cm³/mol. The van der Waals surface area contributed by atoms with E-state index in [-0.39, 0.29) is 5.41 Å². The number of unbranched alkanes of at least 4 members (excludes halogenated alkanes) is 1. The highest BCUT2D eigenvalue weighted by Gasteiger charge is 2.15. The molecule has 0 unspecified atom stereocenters. The highest BCUT2D eigenvalue weighted by molar-refractivity contribution is 6.35. The molecule has 0 saturated heterocycles. The number of nitrogens with zero attached hydrogens (tertiary/aromatic N) is 2. The van der Waals surface area contributed by atoms with Crippen LogP contribution in [0.25, 0.3) is 10.9 Å². The van der Waals surface area contributed by atoms with Gasteiger partial charge in [0.05, 0.1) is 11.5 Å². The molecule has 3 heteroatoms. The third-order valence-corrected chi connectivity index (χ3v) is 3.84. The van der Waals surface area contributed by atoms with Gasteiger partial charge in [-0.3, -0.25) is 0 Å². The first-order valence-corrected chi connectivity index (χ1v) is 7.06. The number of hydrogen-bond donors (Lipinski definition) is 0. The van der Waals surface area contributed by atoms with E-state index in [1.54, 1.807) is 0 Å². The van der Waals surface area contributed by atoms with Gasteiger partial charge >= 0.3 is 0 Å². The Morgan fingerprint density at radius 3 is 2.79 bits per heavy atom. The van der Waals surface area contributed by atoms with Gasteiger partial charge in [-0.25, -0.2) is 0 Å². The fraction of sp³-hybridized carbons (Fsp3) is 0.438. The van der Waals surface area contributed by atoms with E-state index in [0.29, 0.717) is 0 Å². The van der Waals surface area contributed by atoms with E-state index in [1.807, 2.05) is 26.0 Å². The standard InChI is InChI=1S/C16H19ClN2/c1-16(2,12-18)9-3-4-10-19-11-8-13-14(17)6-5-7-15(13)19/h5-8,11H,3-4,9-10H2,1-2H3. The van der Waals surface area contributed by atoms with Crippen LogP contribution in [0.3, 0.4) is 0 Å². The number of nitriles is 1. The minimum Gasteiger partial charge on any atom is -0.347 e. The third-order valence-electron chi connectivity index (χ3n) is 3.51. The second kappa shape index (κ2) is 5.67. The molecule has 0 saturated carbocycles. The molecule has 2 rings (SSSR count). The molecule has 0 spiro atoms. The van der Waals surface area contributed by atoms with Gasteiger partial charge in [0.1, 0.15) is 0 Å². The quantitative estimate of drug-likeness (QED) is 0.704. The van der Waals surface area contributed by atoms with E-state index >= 15 is 0 Å². The summed E-state index contributed by atoms with van der Waals surface area (Å²) in [4.78, 5) is 0. The van der Waals surface area contributed by atoms with Gasteiger partial charge < -0.3 is 4.57 Å². The second-order valence-electron chi connectivity index (χ2n) is 5.63. The lowest BCUT2D eigenvalue weighted by Gasteiger charge is -2.14. The van der Waals surface area contributed by atoms with Crippen molar-refractivity contribution >= 4 is 22.5 Å². The van der Waals surface area contributed by atoms with Crippen molar-refractivity contribution in [3.05, 3.63) is 35.5 Å². The molecule has 0 aliphatic heterocycles. The van der Waals surface area contributed by atoms with E-state index in [9.17, 15) is 0 Å². The highest BCUT2D eigenvalue weighted by Crippen LogP contribution is 2.25. The molecule has 19 heavy (non-hydrogen) atoms. The van der Waals surface area contributed by atoms with Gasteiger partial charge in [-0.1, -0.05) is 24.1 Å². The maximum Gasteiger partial charge on any atom is 0.0683 e. The lowest BCUT2D eigenvalue weighted by Crippen LogP contribution is -2.08. The van der Waals surface area contributed by atoms with E-state index < -0.39 is 0 Å². The van der Waals surface area contributed by atoms with Crippen LogP contribution in [0.1, 0.15) is 33.1 Å². The molecule has 0 atom stereocenters. The van der Waals surface area contributed by atoms with Gasteiger partial charge in [-0.2, -0.15) is 5.26 Å². The zero-order valence-corrected chi connectivity index (χ0v) is 12.2. The summed E-state index contributed by atoms with van der Waals surface area (Å²) in [5.41, 5.74) is 0.981. The highest BCUT2D eigenvalue weighted by atomic mass is 35.5. The van der Waals surface area contributed by atoms with Gasteiger partial charge in [-0.05, 0) is 44.9 Å². The zero-order valence-electron chi connectivity index (χ0n) is 11.5. The van der Waals surface area contributed by atoms with Gasteiger partial charge in [0.15, 0.2) is 0 Å². The molecule has 1 aromatic heterocycles. The Kier molecular flexibility index (Phi) is 4.17. The summed E-state index contributed by atoms with van der Waals surface area (Å²) in [6.45, 7) is 4.97. The Balaban J connectivity index is 1.96. The first kappa shape index (κ1) is 14.0. The molecule has 0 fully saturated rings. The number of fused-ring (bicyclic) bond motifs is 1. The fourth-order valence-corrected chi connectivity index (χ4v) is 2.52. The molecule has 1 heterocycles. The van der Waals surface area contributed by atoms with Crippen LogP contribution in [-0.2, 0) is 6.54 Å². The summed E-state index contributed by atoms with van der Waals surface area (Å²) in [5.74, 6) is 0. The number of rotatable bonds is 5. The largest absolute Gasteiger partial charge is 0.347 e. The van der Waals surface area contributed by atoms with Crippen molar-refractivity contribution in [1.82, 2.24) is 4.57 Å². The molecule has 1 aromatic carbocycles. The van der Waals surface area contributed by atoms with Crippen molar-refractivity contribution in [2.45, 2.75) is 39.7 Å². The van der Waals surface area contributed by atoms with E-state index in [0.717, 1.165) is 36.2 Å². The first-order valence-electron chi connectivity index (χ1n) is 6.68. The molecule has 0 aliphatic rings. The van der Waals surface area contributed by atoms with Gasteiger partial charge in [-0.15, -0.1) is 0 Å². The van der Waals surface area contributed by atoms with Crippen molar-refractivity contribution in [3.63, 3.8) is 0 Å². The zero-order chi connectivity index (χ0) is 13.9. The molecule has 2 nitrogen and oxygen atoms in total. The number of benzene rings is 1. The fourth-order valence-electron chi connectivity index (χ4n) is 2.29. The molecular formula is C16H19ClN2. The number of halogens is 1. The van der Waals surface area contributed by atoms with Gasteiger partial charge in [0.2, 0.25) is 0 Å². The molecule has 0 aliphatic carbocycles. The van der Waals surface area contributed by atoms with Crippen molar-refractivity contribution in [3.8, 4) is 6.07 Å². The summed E-state index contributed by atoms with van der Waals surface area (Å²) in [7, 11) is 0. The second-order valence-corrected chi connectivity index (χ2v) is 6.04. The van der Waals surface area contributed by atoms with Crippen LogP contribution in [0, 0.1) is 16.7 Å². The van der Waals surface area contributed by atoms with Crippen LogP contribution in [0.2, 0.25) is 5.02 Å². The lowest BCUT2D eigenvalue weighted by atomic mass is 9.89. The lowest BCUT2D eigenvalue weighted by molar-refractivity contribution is 0.418. The SMILES string of the molecule is CC(C)(C#N)CCCCn1ccc2c(Cl)cccc21. The smallest absolute Gasteiger partial charge is 0.0683 e. The van der Waals surface area contributed by atoms with Crippen LogP contribution in [0.4, 0.5) is 0 Å². The topological polar surface area (TPSA) is 28.7 Å². The molecule has 0 radical (unpaired) electrons. The Hall–Kier alpha value is -1.46. The van der Waals surface area contributed by atoms with Gasteiger partial charge in [0.25, 0.3) is 0 Å². The Morgan fingerprint density at radius 1 is 1.26 bits per heavy atom. The normalized spacial score (nSPS) is 11.7. The Labute approximate surface area is 119 Å². The number of aryl methyl sites for hydroxylation is 1. The molecule has 0 bridgehead atoms. The van der Waals surface area contributed by atoms with Crippen molar-refractivity contribution in [2.24, 2.45) is 5.41 Å². The molecule has 2 aromatic rings. The summed E-state index contributed by atoms with van der Waals surface area (Å²) in [6.07, 6.45) is 5.19. The maximum atomic E-state index is 8.98. The number of hydrogen-bond acceptors (Lipinski definition) is 1. The van der Waals surface area contributed by atoms with E-state index in [1.165, 1.54) is 5.52 Å². The molecule has 100 valence electrons. The van der Waals surface area contributed by atoms with Crippen LogP contribution in [-0.4, -0.2) is 4.57 Å². The van der Waals surface area contributed by atoms with Crippen LogP contribution < -0.4 is 0 Å². The third kappa shape index (κ3) is 3.30.